The van der Waals surface area contributed by atoms with E-state index in [1.54, 1.807) is 6.92 Å². The Bertz CT molecular complexity index is 437. The summed E-state index contributed by atoms with van der Waals surface area (Å²) in [6, 6.07) is 8.60. The van der Waals surface area contributed by atoms with Crippen LogP contribution in [0.4, 0.5) is 0 Å². The van der Waals surface area contributed by atoms with Gasteiger partial charge < -0.3 is 5.11 Å². The van der Waals surface area contributed by atoms with Crippen LogP contribution in [0.3, 0.4) is 0 Å². The monoisotopic (exact) mass is 261 g/mol. The minimum Gasteiger partial charge on any atom is -0.481 e. The fourth-order valence-corrected chi connectivity index (χ4v) is 2.42. The van der Waals surface area contributed by atoms with E-state index < -0.39 is 11.9 Å². The van der Waals surface area contributed by atoms with Gasteiger partial charge in [-0.05, 0) is 50.8 Å². The van der Waals surface area contributed by atoms with Crippen LogP contribution < -0.4 is 0 Å². The molecule has 2 rings (SSSR count). The summed E-state index contributed by atoms with van der Waals surface area (Å²) in [6.45, 7) is 4.94. The highest BCUT2D eigenvalue weighted by Gasteiger charge is 2.30. The molecule has 1 aromatic carbocycles. The first kappa shape index (κ1) is 14.1. The fourth-order valence-electron chi connectivity index (χ4n) is 2.42. The Morgan fingerprint density at radius 3 is 2.37 bits per heavy atom. The molecule has 1 saturated carbocycles. The molecule has 0 heterocycles. The third-order valence-electron chi connectivity index (χ3n) is 4.28. The number of benzene rings is 1. The molecule has 2 unspecified atom stereocenters. The van der Waals surface area contributed by atoms with Gasteiger partial charge in [0.2, 0.25) is 0 Å². The van der Waals surface area contributed by atoms with E-state index in [9.17, 15) is 4.79 Å². The molecule has 0 spiro atoms. The minimum absolute atomic E-state index is 0.433. The largest absolute Gasteiger partial charge is 0.481 e. The summed E-state index contributed by atoms with van der Waals surface area (Å²) in [6.07, 6.45) is 2.72. The lowest BCUT2D eigenvalue weighted by atomic mass is 10.00. The van der Waals surface area contributed by atoms with Gasteiger partial charge in [-0.25, -0.2) is 0 Å². The molecule has 2 atom stereocenters. The van der Waals surface area contributed by atoms with Crippen molar-refractivity contribution in [2.24, 2.45) is 5.92 Å². The molecular weight excluding hydrogens is 238 g/mol. The molecule has 1 N–H and O–H groups in total. The zero-order chi connectivity index (χ0) is 14.0. The molecule has 1 aliphatic carbocycles. The number of nitrogens with zero attached hydrogens (tertiary/aromatic N) is 1. The van der Waals surface area contributed by atoms with Gasteiger partial charge in [0, 0.05) is 12.6 Å². The molecule has 1 aliphatic rings. The predicted octanol–water partition coefficient (Wildman–Crippen LogP) is 3.11. The molecule has 1 fully saturated rings. The highest BCUT2D eigenvalue weighted by molar-refractivity contribution is 5.75. The highest BCUT2D eigenvalue weighted by Crippen LogP contribution is 2.35. The van der Waals surface area contributed by atoms with Crippen LogP contribution in [-0.4, -0.2) is 29.1 Å². The van der Waals surface area contributed by atoms with Crippen LogP contribution >= 0.6 is 0 Å². The van der Waals surface area contributed by atoms with Gasteiger partial charge in [-0.3, -0.25) is 9.69 Å². The van der Waals surface area contributed by atoms with Crippen molar-refractivity contribution in [2.75, 3.05) is 7.05 Å². The van der Waals surface area contributed by atoms with Crippen molar-refractivity contribution >= 4 is 5.97 Å². The van der Waals surface area contributed by atoms with Crippen LogP contribution in [-0.2, 0) is 11.3 Å². The standard InChI is InChI=1S/C16H23NO2/c1-11(16(18)19)14-6-4-13(5-7-14)10-17(3)12(2)15-8-9-15/h4-7,11-12,15H,8-10H2,1-3H3,(H,18,19). The first-order chi connectivity index (χ1) is 8.99. The van der Waals surface area contributed by atoms with E-state index in [-0.39, 0.29) is 0 Å². The van der Waals surface area contributed by atoms with E-state index in [2.05, 4.69) is 18.9 Å². The number of hydrogen-bond donors (Lipinski definition) is 1. The summed E-state index contributed by atoms with van der Waals surface area (Å²) < 4.78 is 0. The van der Waals surface area contributed by atoms with Crippen molar-refractivity contribution in [3.63, 3.8) is 0 Å². The Morgan fingerprint density at radius 1 is 1.32 bits per heavy atom. The summed E-state index contributed by atoms with van der Waals surface area (Å²) >= 11 is 0. The van der Waals surface area contributed by atoms with Gasteiger partial charge in [0.25, 0.3) is 0 Å². The van der Waals surface area contributed by atoms with Crippen LogP contribution in [0.2, 0.25) is 0 Å². The van der Waals surface area contributed by atoms with Crippen molar-refractivity contribution in [3.8, 4) is 0 Å². The van der Waals surface area contributed by atoms with E-state index in [0.717, 1.165) is 18.0 Å². The Labute approximate surface area is 115 Å². The van der Waals surface area contributed by atoms with Gasteiger partial charge in [-0.15, -0.1) is 0 Å². The van der Waals surface area contributed by atoms with Crippen LogP contribution in [0, 0.1) is 5.92 Å². The SMILES string of the molecule is CC(C(=O)O)c1ccc(CN(C)C(C)C2CC2)cc1. The topological polar surface area (TPSA) is 40.5 Å². The first-order valence-electron chi connectivity index (χ1n) is 7.01. The Kier molecular flexibility index (Phi) is 4.25. The fraction of sp³-hybridized carbons (Fsp3) is 0.562. The van der Waals surface area contributed by atoms with E-state index >= 15 is 0 Å². The molecule has 0 bridgehead atoms. The smallest absolute Gasteiger partial charge is 0.310 e. The van der Waals surface area contributed by atoms with Crippen LogP contribution in [0.5, 0.6) is 0 Å². The third-order valence-corrected chi connectivity index (χ3v) is 4.28. The lowest BCUT2D eigenvalue weighted by Gasteiger charge is -2.24. The number of carboxylic acids is 1. The maximum atomic E-state index is 10.9. The third kappa shape index (κ3) is 3.57. The van der Waals surface area contributed by atoms with Gasteiger partial charge in [-0.1, -0.05) is 24.3 Å². The molecule has 0 amide bonds. The quantitative estimate of drug-likeness (QED) is 0.855. The predicted molar refractivity (Wildman–Crippen MR) is 76.1 cm³/mol. The summed E-state index contributed by atoms with van der Waals surface area (Å²) in [7, 11) is 2.16. The van der Waals surface area contributed by atoms with E-state index in [1.165, 1.54) is 18.4 Å². The Hall–Kier alpha value is -1.35. The second-order valence-corrected chi connectivity index (χ2v) is 5.79. The zero-order valence-electron chi connectivity index (χ0n) is 12.0. The molecule has 0 radical (unpaired) electrons. The maximum Gasteiger partial charge on any atom is 0.310 e. The van der Waals surface area contributed by atoms with E-state index in [4.69, 9.17) is 5.11 Å². The number of rotatable bonds is 6. The van der Waals surface area contributed by atoms with Crippen molar-refractivity contribution in [3.05, 3.63) is 35.4 Å². The van der Waals surface area contributed by atoms with E-state index in [1.807, 2.05) is 24.3 Å². The lowest BCUT2D eigenvalue weighted by Crippen LogP contribution is -2.30. The van der Waals surface area contributed by atoms with E-state index in [0.29, 0.717) is 6.04 Å². The molecule has 19 heavy (non-hydrogen) atoms. The van der Waals surface area contributed by atoms with Crippen molar-refractivity contribution in [1.82, 2.24) is 4.90 Å². The van der Waals surface area contributed by atoms with Gasteiger partial charge in [-0.2, -0.15) is 0 Å². The second kappa shape index (κ2) is 5.74. The molecule has 3 heteroatoms. The number of aliphatic carboxylic acids is 1. The Balaban J connectivity index is 1.96. The number of carbonyl (C=O) groups is 1. The average molecular weight is 261 g/mol. The second-order valence-electron chi connectivity index (χ2n) is 5.79. The molecule has 0 aliphatic heterocycles. The summed E-state index contributed by atoms with van der Waals surface area (Å²) in [5, 5.41) is 8.98. The maximum absolute atomic E-state index is 10.9. The van der Waals surface area contributed by atoms with Gasteiger partial charge in [0.1, 0.15) is 0 Å². The summed E-state index contributed by atoms with van der Waals surface area (Å²) in [4.78, 5) is 13.3. The average Bonchev–Trinajstić information content (AvgIpc) is 3.22. The van der Waals surface area contributed by atoms with Crippen molar-refractivity contribution < 1.29 is 9.90 Å². The number of hydrogen-bond acceptors (Lipinski definition) is 2. The molecule has 0 aromatic heterocycles. The molecular formula is C16H23NO2. The molecule has 104 valence electrons. The first-order valence-corrected chi connectivity index (χ1v) is 7.01. The van der Waals surface area contributed by atoms with Gasteiger partial charge in [0.05, 0.1) is 5.92 Å². The van der Waals surface area contributed by atoms with Gasteiger partial charge >= 0.3 is 5.97 Å². The molecule has 0 saturated heterocycles. The van der Waals surface area contributed by atoms with Crippen LogP contribution in [0.25, 0.3) is 0 Å². The summed E-state index contributed by atoms with van der Waals surface area (Å²) in [5.41, 5.74) is 2.12. The number of carboxylic acid groups (broad SMARTS) is 1. The van der Waals surface area contributed by atoms with Crippen LogP contribution in [0.15, 0.2) is 24.3 Å². The lowest BCUT2D eigenvalue weighted by molar-refractivity contribution is -0.138. The van der Waals surface area contributed by atoms with Crippen molar-refractivity contribution in [2.45, 2.75) is 45.2 Å². The normalized spacial score (nSPS) is 18.3. The van der Waals surface area contributed by atoms with Crippen LogP contribution in [0.1, 0.15) is 43.7 Å². The molecule has 3 nitrogen and oxygen atoms in total. The Morgan fingerprint density at radius 2 is 1.89 bits per heavy atom. The highest BCUT2D eigenvalue weighted by atomic mass is 16.4. The summed E-state index contributed by atoms with van der Waals surface area (Å²) in [5.74, 6) is -0.333. The van der Waals surface area contributed by atoms with Gasteiger partial charge in [0.15, 0.2) is 0 Å². The van der Waals surface area contributed by atoms with Crippen molar-refractivity contribution in [1.29, 1.82) is 0 Å². The zero-order valence-corrected chi connectivity index (χ0v) is 12.0. The molecule has 1 aromatic rings. The minimum atomic E-state index is -0.771.